The highest BCUT2D eigenvalue weighted by Crippen LogP contribution is 2.32. The molecule has 0 aromatic heterocycles. The lowest BCUT2D eigenvalue weighted by atomic mass is 9.98. The first-order valence-corrected chi connectivity index (χ1v) is 8.26. The smallest absolute Gasteiger partial charge is 0.147 e. The van der Waals surface area contributed by atoms with Crippen molar-refractivity contribution >= 4 is 21.6 Å². The van der Waals surface area contributed by atoms with Crippen LogP contribution < -0.4 is 10.2 Å². The van der Waals surface area contributed by atoms with Crippen LogP contribution in [0.5, 0.6) is 0 Å². The summed E-state index contributed by atoms with van der Waals surface area (Å²) in [4.78, 5) is 2.24. The summed E-state index contributed by atoms with van der Waals surface area (Å²) in [5.41, 5.74) is 0.717. The van der Waals surface area contributed by atoms with Crippen LogP contribution in [0.25, 0.3) is 0 Å². The Morgan fingerprint density at radius 1 is 1.45 bits per heavy atom. The molecular formula is C16H24BrFN2. The maximum Gasteiger partial charge on any atom is 0.147 e. The van der Waals surface area contributed by atoms with Crippen molar-refractivity contribution in [2.45, 2.75) is 45.7 Å². The van der Waals surface area contributed by atoms with Gasteiger partial charge in [0.15, 0.2) is 0 Å². The van der Waals surface area contributed by atoms with Gasteiger partial charge in [0.1, 0.15) is 5.82 Å². The molecule has 1 saturated heterocycles. The topological polar surface area (TPSA) is 15.3 Å². The van der Waals surface area contributed by atoms with Crippen molar-refractivity contribution in [1.29, 1.82) is 0 Å². The van der Waals surface area contributed by atoms with Crippen molar-refractivity contribution in [1.82, 2.24) is 5.32 Å². The number of hydrogen-bond donors (Lipinski definition) is 1. The number of nitrogens with zero attached hydrogens (tertiary/aromatic N) is 1. The Balaban J connectivity index is 2.25. The van der Waals surface area contributed by atoms with Gasteiger partial charge in [0, 0.05) is 29.6 Å². The van der Waals surface area contributed by atoms with E-state index < -0.39 is 0 Å². The summed E-state index contributed by atoms with van der Waals surface area (Å²) in [5.74, 6) is 0.514. The predicted octanol–water partition coefficient (Wildman–Crippen LogP) is 4.19. The molecule has 1 fully saturated rings. The van der Waals surface area contributed by atoms with Gasteiger partial charge >= 0.3 is 0 Å². The number of piperazine rings is 1. The van der Waals surface area contributed by atoms with Gasteiger partial charge in [-0.1, -0.05) is 26.8 Å². The van der Waals surface area contributed by atoms with Crippen molar-refractivity contribution in [3.8, 4) is 0 Å². The fourth-order valence-electron chi connectivity index (χ4n) is 2.99. The SMILES string of the molecule is CCC1CNC(CC(C)C)CN1c1c(F)cccc1Br. The van der Waals surface area contributed by atoms with E-state index >= 15 is 0 Å². The zero-order valence-corrected chi connectivity index (χ0v) is 14.1. The monoisotopic (exact) mass is 342 g/mol. The second kappa shape index (κ2) is 6.90. The summed E-state index contributed by atoms with van der Waals surface area (Å²) in [6, 6.07) is 6.00. The number of rotatable bonds is 4. The van der Waals surface area contributed by atoms with Crippen LogP contribution >= 0.6 is 15.9 Å². The number of hydrogen-bond acceptors (Lipinski definition) is 2. The first-order valence-electron chi connectivity index (χ1n) is 7.47. The van der Waals surface area contributed by atoms with Crippen molar-refractivity contribution in [2.24, 2.45) is 5.92 Å². The Kier molecular flexibility index (Phi) is 5.44. The Morgan fingerprint density at radius 2 is 2.20 bits per heavy atom. The molecule has 1 aliphatic rings. The van der Waals surface area contributed by atoms with Crippen LogP contribution in [0.4, 0.5) is 10.1 Å². The van der Waals surface area contributed by atoms with Crippen LogP contribution in [0.2, 0.25) is 0 Å². The zero-order valence-electron chi connectivity index (χ0n) is 12.5. The van der Waals surface area contributed by atoms with E-state index in [9.17, 15) is 4.39 Å². The summed E-state index contributed by atoms with van der Waals surface area (Å²) in [6.45, 7) is 8.43. The molecule has 20 heavy (non-hydrogen) atoms. The van der Waals surface area contributed by atoms with Crippen LogP contribution in [0, 0.1) is 11.7 Å². The van der Waals surface area contributed by atoms with E-state index in [0.717, 1.165) is 36.1 Å². The molecule has 0 radical (unpaired) electrons. The average Bonchev–Trinajstić information content (AvgIpc) is 2.38. The standard InChI is InChI=1S/C16H24BrFN2/c1-4-13-9-19-12(8-11(2)3)10-20(13)16-14(17)6-5-7-15(16)18/h5-7,11-13,19H,4,8-10H2,1-3H3. The second-order valence-corrected chi connectivity index (χ2v) is 6.87. The summed E-state index contributed by atoms with van der Waals surface area (Å²) in [7, 11) is 0. The zero-order chi connectivity index (χ0) is 14.7. The minimum atomic E-state index is -0.136. The predicted molar refractivity (Wildman–Crippen MR) is 86.8 cm³/mol. The number of benzene rings is 1. The molecular weight excluding hydrogens is 319 g/mol. The number of nitrogens with one attached hydrogen (secondary N) is 1. The molecule has 0 spiro atoms. The minimum absolute atomic E-state index is 0.136. The quantitative estimate of drug-likeness (QED) is 0.882. The fourth-order valence-corrected chi connectivity index (χ4v) is 3.56. The summed E-state index contributed by atoms with van der Waals surface area (Å²) in [6.07, 6.45) is 2.14. The third-order valence-electron chi connectivity index (χ3n) is 3.95. The number of para-hydroxylation sites is 1. The molecule has 2 nitrogen and oxygen atoms in total. The molecule has 2 atom stereocenters. The molecule has 1 heterocycles. The van der Waals surface area contributed by atoms with E-state index in [0.29, 0.717) is 18.0 Å². The van der Waals surface area contributed by atoms with Gasteiger partial charge in [-0.15, -0.1) is 0 Å². The normalized spacial score (nSPS) is 23.4. The molecule has 0 bridgehead atoms. The summed E-state index contributed by atoms with van der Waals surface area (Å²) >= 11 is 3.51. The van der Waals surface area contributed by atoms with Gasteiger partial charge in [0.2, 0.25) is 0 Å². The number of anilines is 1. The van der Waals surface area contributed by atoms with Crippen molar-refractivity contribution in [2.75, 3.05) is 18.0 Å². The van der Waals surface area contributed by atoms with E-state index in [1.54, 1.807) is 12.1 Å². The molecule has 0 saturated carbocycles. The van der Waals surface area contributed by atoms with Crippen LogP contribution in [0.3, 0.4) is 0 Å². The average molecular weight is 343 g/mol. The van der Waals surface area contributed by atoms with Gasteiger partial charge in [-0.2, -0.15) is 0 Å². The summed E-state index contributed by atoms with van der Waals surface area (Å²) in [5, 5.41) is 3.61. The van der Waals surface area contributed by atoms with Crippen LogP contribution in [0.15, 0.2) is 22.7 Å². The molecule has 2 unspecified atom stereocenters. The molecule has 112 valence electrons. The van der Waals surface area contributed by atoms with Crippen molar-refractivity contribution in [3.63, 3.8) is 0 Å². The Bertz CT molecular complexity index is 430. The lowest BCUT2D eigenvalue weighted by Gasteiger charge is -2.42. The first kappa shape index (κ1) is 15.8. The molecule has 1 aliphatic heterocycles. The van der Waals surface area contributed by atoms with Crippen LogP contribution in [-0.4, -0.2) is 25.2 Å². The van der Waals surface area contributed by atoms with Crippen LogP contribution in [0.1, 0.15) is 33.6 Å². The lowest BCUT2D eigenvalue weighted by molar-refractivity contribution is 0.341. The highest BCUT2D eigenvalue weighted by Gasteiger charge is 2.29. The Hall–Kier alpha value is -0.610. The van der Waals surface area contributed by atoms with Gasteiger partial charge in [-0.25, -0.2) is 4.39 Å². The minimum Gasteiger partial charge on any atom is -0.362 e. The second-order valence-electron chi connectivity index (χ2n) is 6.02. The van der Waals surface area contributed by atoms with E-state index in [-0.39, 0.29) is 5.82 Å². The number of halogens is 2. The first-order chi connectivity index (χ1) is 9.52. The molecule has 1 aromatic rings. The Labute approximate surface area is 129 Å². The molecule has 0 aliphatic carbocycles. The summed E-state index contributed by atoms with van der Waals surface area (Å²) < 4.78 is 15.1. The van der Waals surface area contributed by atoms with Gasteiger partial charge < -0.3 is 10.2 Å². The fraction of sp³-hybridized carbons (Fsp3) is 0.625. The van der Waals surface area contributed by atoms with Gasteiger partial charge in [-0.3, -0.25) is 0 Å². The van der Waals surface area contributed by atoms with E-state index in [1.165, 1.54) is 0 Å². The van der Waals surface area contributed by atoms with E-state index in [4.69, 9.17) is 0 Å². The molecule has 4 heteroatoms. The van der Waals surface area contributed by atoms with Crippen molar-refractivity contribution in [3.05, 3.63) is 28.5 Å². The molecule has 1 N–H and O–H groups in total. The highest BCUT2D eigenvalue weighted by atomic mass is 79.9. The molecule has 2 rings (SSSR count). The largest absolute Gasteiger partial charge is 0.362 e. The maximum absolute atomic E-state index is 14.2. The van der Waals surface area contributed by atoms with Crippen LogP contribution in [-0.2, 0) is 0 Å². The van der Waals surface area contributed by atoms with Crippen molar-refractivity contribution < 1.29 is 4.39 Å². The molecule has 0 amide bonds. The van der Waals surface area contributed by atoms with Gasteiger partial charge in [-0.05, 0) is 46.8 Å². The van der Waals surface area contributed by atoms with Gasteiger partial charge in [0.05, 0.1) is 5.69 Å². The highest BCUT2D eigenvalue weighted by molar-refractivity contribution is 9.10. The Morgan fingerprint density at radius 3 is 2.80 bits per heavy atom. The van der Waals surface area contributed by atoms with E-state index in [2.05, 4.69) is 46.9 Å². The third-order valence-corrected chi connectivity index (χ3v) is 4.59. The van der Waals surface area contributed by atoms with Gasteiger partial charge in [0.25, 0.3) is 0 Å². The lowest BCUT2D eigenvalue weighted by Crippen LogP contribution is -2.57. The maximum atomic E-state index is 14.2. The molecule has 1 aromatic carbocycles. The van der Waals surface area contributed by atoms with E-state index in [1.807, 2.05) is 6.07 Å². The third kappa shape index (κ3) is 3.53.